The lowest BCUT2D eigenvalue weighted by molar-refractivity contribution is 0.0758. The van der Waals surface area contributed by atoms with E-state index in [0.29, 0.717) is 33.4 Å². The molecule has 5 heteroatoms. The van der Waals surface area contributed by atoms with Gasteiger partial charge in [0.2, 0.25) is 0 Å². The molecule has 1 unspecified atom stereocenters. The van der Waals surface area contributed by atoms with Gasteiger partial charge in [-0.1, -0.05) is 78.9 Å². The molecule has 5 nitrogen and oxygen atoms in total. The van der Waals surface area contributed by atoms with E-state index < -0.39 is 5.54 Å². The normalized spacial score (nSPS) is 18.2. The van der Waals surface area contributed by atoms with E-state index >= 15 is 0 Å². The van der Waals surface area contributed by atoms with Gasteiger partial charge in [-0.3, -0.25) is 19.0 Å². The molecule has 1 spiro atoms. The first-order chi connectivity index (χ1) is 16.6. The van der Waals surface area contributed by atoms with E-state index in [9.17, 15) is 14.4 Å². The van der Waals surface area contributed by atoms with Crippen LogP contribution in [0.15, 0.2) is 100 Å². The molecule has 3 heterocycles. The summed E-state index contributed by atoms with van der Waals surface area (Å²) in [7, 11) is 0. The highest BCUT2D eigenvalue weighted by atomic mass is 16.3. The minimum Gasteiger partial charge on any atom is -0.463 e. The van der Waals surface area contributed by atoms with E-state index in [4.69, 9.17) is 4.42 Å². The number of hydrogen-bond acceptors (Lipinski definition) is 4. The fourth-order valence-corrected chi connectivity index (χ4v) is 5.73. The van der Waals surface area contributed by atoms with E-state index in [1.54, 1.807) is 34.9 Å². The molecule has 0 N–H and O–H groups in total. The summed E-state index contributed by atoms with van der Waals surface area (Å²) in [6.45, 7) is 0. The Morgan fingerprint density at radius 1 is 0.735 bits per heavy atom. The predicted octanol–water partition coefficient (Wildman–Crippen LogP) is 5.45. The van der Waals surface area contributed by atoms with Gasteiger partial charge < -0.3 is 4.42 Å². The lowest BCUT2D eigenvalue weighted by atomic mass is 9.72. The lowest BCUT2D eigenvalue weighted by Gasteiger charge is -2.35. The van der Waals surface area contributed by atoms with Crippen molar-refractivity contribution in [3.8, 4) is 22.4 Å². The van der Waals surface area contributed by atoms with Crippen LogP contribution in [0.3, 0.4) is 0 Å². The fourth-order valence-electron chi connectivity index (χ4n) is 5.73. The van der Waals surface area contributed by atoms with Crippen LogP contribution in [0.4, 0.5) is 0 Å². The third kappa shape index (κ3) is 2.16. The number of ketones is 2. The van der Waals surface area contributed by atoms with Crippen molar-refractivity contribution in [2.45, 2.75) is 12.0 Å². The van der Waals surface area contributed by atoms with Crippen molar-refractivity contribution in [2.75, 3.05) is 0 Å². The monoisotopic (exact) mass is 443 g/mol. The van der Waals surface area contributed by atoms with Crippen LogP contribution in [0.2, 0.25) is 0 Å². The number of furan rings is 1. The summed E-state index contributed by atoms with van der Waals surface area (Å²) < 4.78 is 7.40. The maximum absolute atomic E-state index is 14.3. The number of nitrogens with zero attached hydrogens (tertiary/aromatic N) is 1. The van der Waals surface area contributed by atoms with Crippen molar-refractivity contribution in [2.24, 2.45) is 0 Å². The Hall–Kier alpha value is -4.51. The zero-order chi connectivity index (χ0) is 23.0. The van der Waals surface area contributed by atoms with Gasteiger partial charge in [-0.25, -0.2) is 0 Å². The second-order valence-electron chi connectivity index (χ2n) is 8.77. The average molecular weight is 443 g/mol. The Kier molecular flexibility index (Phi) is 3.64. The third-order valence-electron chi connectivity index (χ3n) is 7.12. The zero-order valence-electron chi connectivity index (χ0n) is 17.9. The summed E-state index contributed by atoms with van der Waals surface area (Å²) in [4.78, 5) is 41.7. The summed E-state index contributed by atoms with van der Waals surface area (Å²) in [5.41, 5.74) is 3.10. The molecule has 0 radical (unpaired) electrons. The molecule has 1 aliphatic carbocycles. The van der Waals surface area contributed by atoms with Crippen LogP contribution >= 0.6 is 0 Å². The van der Waals surface area contributed by atoms with E-state index in [0.717, 1.165) is 16.7 Å². The van der Waals surface area contributed by atoms with Crippen molar-refractivity contribution >= 4 is 22.5 Å². The average Bonchev–Trinajstić information content (AvgIpc) is 3.47. The lowest BCUT2D eigenvalue weighted by Crippen LogP contribution is -2.50. The van der Waals surface area contributed by atoms with Crippen molar-refractivity contribution in [1.82, 2.24) is 4.57 Å². The van der Waals surface area contributed by atoms with E-state index in [2.05, 4.69) is 0 Å². The van der Waals surface area contributed by atoms with Crippen LogP contribution in [0.1, 0.15) is 32.7 Å². The van der Waals surface area contributed by atoms with Crippen LogP contribution in [0, 0.1) is 0 Å². The summed E-state index contributed by atoms with van der Waals surface area (Å²) in [6.07, 6.45) is 1.39. The molecule has 0 bridgehead atoms. The van der Waals surface area contributed by atoms with Crippen LogP contribution < -0.4 is 5.56 Å². The second-order valence-corrected chi connectivity index (χ2v) is 8.77. The highest BCUT2D eigenvalue weighted by Crippen LogP contribution is 2.52. The molecule has 0 amide bonds. The van der Waals surface area contributed by atoms with Crippen LogP contribution in [-0.4, -0.2) is 16.1 Å². The van der Waals surface area contributed by atoms with Gasteiger partial charge in [0.1, 0.15) is 11.1 Å². The SMILES string of the molecule is O=C1CC2(C(=O)c3ccccc31)c1ccccc1-c1c(-c3ccccc3)c3occc3c(=O)n12. The molecule has 0 saturated heterocycles. The fraction of sp³-hybridized carbons (Fsp3) is 0.0690. The summed E-state index contributed by atoms with van der Waals surface area (Å²) in [5.74, 6) is -0.392. The van der Waals surface area contributed by atoms with E-state index in [1.807, 2.05) is 54.6 Å². The summed E-state index contributed by atoms with van der Waals surface area (Å²) >= 11 is 0. The molecule has 2 aliphatic rings. The molecular formula is C29H17NO4. The Morgan fingerprint density at radius 2 is 1.41 bits per heavy atom. The Labute approximate surface area is 193 Å². The quantitative estimate of drug-likeness (QED) is 0.345. The third-order valence-corrected chi connectivity index (χ3v) is 7.12. The molecule has 0 saturated carbocycles. The molecule has 7 rings (SSSR count). The Morgan fingerprint density at radius 3 is 2.21 bits per heavy atom. The first-order valence-corrected chi connectivity index (χ1v) is 11.1. The molecule has 34 heavy (non-hydrogen) atoms. The molecule has 2 aromatic heterocycles. The van der Waals surface area contributed by atoms with Crippen LogP contribution in [-0.2, 0) is 5.54 Å². The second kappa shape index (κ2) is 6.51. The minimum absolute atomic E-state index is 0.107. The molecule has 162 valence electrons. The standard InChI is InChI=1S/C29H17NO4/c31-23-16-29(27(32)19-11-5-4-10-18(19)23)22-13-7-6-12-20(22)25-24(17-8-2-1-3-9-17)26-21(14-15-34-26)28(33)30(25)29/h1-15H,16H2. The largest absolute Gasteiger partial charge is 0.463 e. The topological polar surface area (TPSA) is 69.3 Å². The van der Waals surface area contributed by atoms with Gasteiger partial charge in [0, 0.05) is 28.7 Å². The zero-order valence-corrected chi connectivity index (χ0v) is 17.9. The van der Waals surface area contributed by atoms with Crippen molar-refractivity contribution in [3.05, 3.63) is 118 Å². The molecular weight excluding hydrogens is 426 g/mol. The predicted molar refractivity (Wildman–Crippen MR) is 128 cm³/mol. The van der Waals surface area contributed by atoms with Gasteiger partial charge in [-0.15, -0.1) is 0 Å². The maximum atomic E-state index is 14.3. The number of rotatable bonds is 1. The van der Waals surface area contributed by atoms with Crippen molar-refractivity contribution in [3.63, 3.8) is 0 Å². The summed E-state index contributed by atoms with van der Waals surface area (Å²) in [5, 5.41) is 0.383. The van der Waals surface area contributed by atoms with E-state index in [1.165, 1.54) is 6.26 Å². The highest BCUT2D eigenvalue weighted by molar-refractivity contribution is 6.20. The first-order valence-electron chi connectivity index (χ1n) is 11.1. The smallest absolute Gasteiger partial charge is 0.263 e. The van der Waals surface area contributed by atoms with Gasteiger partial charge in [-0.05, 0) is 17.2 Å². The van der Waals surface area contributed by atoms with Crippen molar-refractivity contribution in [1.29, 1.82) is 0 Å². The Balaban J connectivity index is 1.70. The van der Waals surface area contributed by atoms with Crippen LogP contribution in [0.25, 0.3) is 33.4 Å². The Bertz CT molecular complexity index is 1740. The molecule has 1 aliphatic heterocycles. The van der Waals surface area contributed by atoms with Gasteiger partial charge in [-0.2, -0.15) is 0 Å². The van der Waals surface area contributed by atoms with Gasteiger partial charge >= 0.3 is 0 Å². The van der Waals surface area contributed by atoms with Crippen molar-refractivity contribution < 1.29 is 14.0 Å². The molecule has 0 fully saturated rings. The number of carbonyl (C=O) groups excluding carboxylic acids is 2. The van der Waals surface area contributed by atoms with E-state index in [-0.39, 0.29) is 23.5 Å². The highest BCUT2D eigenvalue weighted by Gasteiger charge is 2.55. The maximum Gasteiger partial charge on any atom is 0.263 e. The number of benzene rings is 3. The number of carbonyl (C=O) groups is 2. The number of aromatic nitrogens is 1. The van der Waals surface area contributed by atoms with Gasteiger partial charge in [0.05, 0.1) is 17.3 Å². The molecule has 1 atom stereocenters. The number of fused-ring (bicyclic) bond motifs is 7. The van der Waals surface area contributed by atoms with Gasteiger partial charge in [0.15, 0.2) is 11.6 Å². The van der Waals surface area contributed by atoms with Gasteiger partial charge in [0.25, 0.3) is 5.56 Å². The first kappa shape index (κ1) is 19.0. The van der Waals surface area contributed by atoms with Crippen LogP contribution in [0.5, 0.6) is 0 Å². The summed E-state index contributed by atoms with van der Waals surface area (Å²) in [6, 6.07) is 25.7. The molecule has 3 aromatic carbocycles. The number of hydrogen-bond donors (Lipinski definition) is 0. The number of Topliss-reactive ketones (excluding diaryl/α,β-unsaturated/α-hetero) is 2. The minimum atomic E-state index is -1.44. The molecule has 5 aromatic rings. The number of pyridine rings is 1.